The SMILES string of the molecule is CCCCC1CC(C(=O)O)C2C(CCCC)CCCC2C1C(=O)O. The number of hydrogen-bond acceptors (Lipinski definition) is 2. The summed E-state index contributed by atoms with van der Waals surface area (Å²) in [4.78, 5) is 24.0. The Bertz CT molecular complexity index is 433. The lowest BCUT2D eigenvalue weighted by Crippen LogP contribution is -2.50. The van der Waals surface area contributed by atoms with Crippen LogP contribution in [0.3, 0.4) is 0 Å². The minimum atomic E-state index is -0.696. The van der Waals surface area contributed by atoms with Gasteiger partial charge in [-0.15, -0.1) is 0 Å². The van der Waals surface area contributed by atoms with Crippen molar-refractivity contribution in [2.24, 2.45) is 35.5 Å². The number of fused-ring (bicyclic) bond motifs is 1. The minimum Gasteiger partial charge on any atom is -0.481 e. The van der Waals surface area contributed by atoms with Crippen LogP contribution in [-0.4, -0.2) is 22.2 Å². The van der Waals surface area contributed by atoms with Crippen molar-refractivity contribution in [1.82, 2.24) is 0 Å². The van der Waals surface area contributed by atoms with E-state index >= 15 is 0 Å². The van der Waals surface area contributed by atoms with Crippen molar-refractivity contribution in [2.75, 3.05) is 0 Å². The first-order valence-electron chi connectivity index (χ1n) is 9.96. The molecule has 2 aliphatic rings. The first kappa shape index (κ1) is 19.3. The molecule has 0 radical (unpaired) electrons. The van der Waals surface area contributed by atoms with E-state index in [0.717, 1.165) is 57.8 Å². The molecule has 4 heteroatoms. The van der Waals surface area contributed by atoms with Gasteiger partial charge in [-0.05, 0) is 42.9 Å². The molecule has 4 nitrogen and oxygen atoms in total. The lowest BCUT2D eigenvalue weighted by Gasteiger charge is -2.50. The Morgan fingerprint density at radius 3 is 2.08 bits per heavy atom. The number of carbonyl (C=O) groups is 2. The second-order valence-corrected chi connectivity index (χ2v) is 8.02. The highest BCUT2D eigenvalue weighted by molar-refractivity contribution is 5.74. The van der Waals surface area contributed by atoms with Crippen LogP contribution < -0.4 is 0 Å². The smallest absolute Gasteiger partial charge is 0.307 e. The number of carboxylic acid groups (broad SMARTS) is 2. The van der Waals surface area contributed by atoms with Gasteiger partial charge in [-0.25, -0.2) is 0 Å². The molecule has 0 bridgehead atoms. The number of rotatable bonds is 8. The zero-order valence-electron chi connectivity index (χ0n) is 15.2. The molecule has 0 aromatic carbocycles. The van der Waals surface area contributed by atoms with Gasteiger partial charge in [0.1, 0.15) is 0 Å². The first-order chi connectivity index (χ1) is 11.5. The molecule has 0 aromatic rings. The van der Waals surface area contributed by atoms with E-state index in [-0.39, 0.29) is 29.6 Å². The fourth-order valence-corrected chi connectivity index (χ4v) is 5.59. The number of aliphatic carboxylic acids is 2. The molecule has 6 atom stereocenters. The highest BCUT2D eigenvalue weighted by atomic mass is 16.4. The lowest BCUT2D eigenvalue weighted by molar-refractivity contribution is -0.164. The van der Waals surface area contributed by atoms with E-state index in [9.17, 15) is 19.8 Å². The first-order valence-corrected chi connectivity index (χ1v) is 9.96. The van der Waals surface area contributed by atoms with Gasteiger partial charge in [-0.1, -0.05) is 58.8 Å². The molecule has 2 aliphatic carbocycles. The molecule has 2 saturated carbocycles. The van der Waals surface area contributed by atoms with Gasteiger partial charge in [0.25, 0.3) is 0 Å². The second-order valence-electron chi connectivity index (χ2n) is 8.02. The molecule has 0 aromatic heterocycles. The van der Waals surface area contributed by atoms with Gasteiger partial charge in [0.15, 0.2) is 0 Å². The van der Waals surface area contributed by atoms with Gasteiger partial charge in [0.05, 0.1) is 11.8 Å². The van der Waals surface area contributed by atoms with Crippen LogP contribution in [0.2, 0.25) is 0 Å². The molecule has 2 rings (SSSR count). The van der Waals surface area contributed by atoms with Crippen LogP contribution in [0.15, 0.2) is 0 Å². The van der Waals surface area contributed by atoms with Crippen molar-refractivity contribution in [3.8, 4) is 0 Å². The summed E-state index contributed by atoms with van der Waals surface area (Å²) in [5.74, 6) is -1.48. The Morgan fingerprint density at radius 2 is 1.54 bits per heavy atom. The predicted octanol–water partition coefficient (Wildman–Crippen LogP) is 4.82. The van der Waals surface area contributed by atoms with Gasteiger partial charge in [-0.3, -0.25) is 9.59 Å². The van der Waals surface area contributed by atoms with Crippen LogP contribution in [0.25, 0.3) is 0 Å². The molecule has 138 valence electrons. The zero-order valence-corrected chi connectivity index (χ0v) is 15.2. The van der Waals surface area contributed by atoms with E-state index in [1.807, 2.05) is 0 Å². The lowest BCUT2D eigenvalue weighted by atomic mass is 9.53. The molecule has 6 unspecified atom stereocenters. The van der Waals surface area contributed by atoms with Crippen LogP contribution in [0.1, 0.15) is 78.1 Å². The number of carboxylic acids is 2. The van der Waals surface area contributed by atoms with E-state index in [2.05, 4.69) is 13.8 Å². The molecular formula is C20H34O4. The quantitative estimate of drug-likeness (QED) is 0.665. The van der Waals surface area contributed by atoms with Crippen molar-refractivity contribution < 1.29 is 19.8 Å². The summed E-state index contributed by atoms with van der Waals surface area (Å²) in [6, 6.07) is 0. The summed E-state index contributed by atoms with van der Waals surface area (Å²) in [7, 11) is 0. The summed E-state index contributed by atoms with van der Waals surface area (Å²) in [5.41, 5.74) is 0. The van der Waals surface area contributed by atoms with Crippen LogP contribution in [-0.2, 0) is 9.59 Å². The highest BCUT2D eigenvalue weighted by Gasteiger charge is 2.52. The summed E-state index contributed by atoms with van der Waals surface area (Å²) < 4.78 is 0. The summed E-state index contributed by atoms with van der Waals surface area (Å²) in [6.45, 7) is 4.27. The molecule has 0 heterocycles. The Labute approximate surface area is 146 Å². The van der Waals surface area contributed by atoms with E-state index in [0.29, 0.717) is 12.3 Å². The van der Waals surface area contributed by atoms with E-state index < -0.39 is 11.9 Å². The molecule has 0 aliphatic heterocycles. The topological polar surface area (TPSA) is 74.6 Å². The predicted molar refractivity (Wildman–Crippen MR) is 93.7 cm³/mol. The normalized spacial score (nSPS) is 36.1. The molecule has 24 heavy (non-hydrogen) atoms. The highest BCUT2D eigenvalue weighted by Crippen LogP contribution is 2.53. The van der Waals surface area contributed by atoms with E-state index in [1.165, 1.54) is 0 Å². The molecule has 0 saturated heterocycles. The maximum absolute atomic E-state index is 12.0. The number of hydrogen-bond donors (Lipinski definition) is 2. The molecular weight excluding hydrogens is 304 g/mol. The summed E-state index contributed by atoms with van der Waals surface area (Å²) >= 11 is 0. The maximum atomic E-state index is 12.0. The van der Waals surface area contributed by atoms with Gasteiger partial charge in [0, 0.05) is 0 Å². The van der Waals surface area contributed by atoms with Gasteiger partial charge >= 0.3 is 11.9 Å². The molecule has 2 N–H and O–H groups in total. The van der Waals surface area contributed by atoms with Crippen LogP contribution >= 0.6 is 0 Å². The van der Waals surface area contributed by atoms with Crippen LogP contribution in [0.4, 0.5) is 0 Å². The van der Waals surface area contributed by atoms with Crippen molar-refractivity contribution in [1.29, 1.82) is 0 Å². The van der Waals surface area contributed by atoms with Gasteiger partial charge in [0.2, 0.25) is 0 Å². The van der Waals surface area contributed by atoms with Gasteiger partial charge < -0.3 is 10.2 Å². The van der Waals surface area contributed by atoms with Crippen molar-refractivity contribution >= 4 is 11.9 Å². The fraction of sp³-hybridized carbons (Fsp3) is 0.900. The third kappa shape index (κ3) is 4.12. The van der Waals surface area contributed by atoms with Crippen molar-refractivity contribution in [3.63, 3.8) is 0 Å². The Morgan fingerprint density at radius 1 is 0.917 bits per heavy atom. The minimum absolute atomic E-state index is 0.0368. The maximum Gasteiger partial charge on any atom is 0.307 e. The Hall–Kier alpha value is -1.06. The van der Waals surface area contributed by atoms with Crippen molar-refractivity contribution in [2.45, 2.75) is 78.1 Å². The Balaban J connectivity index is 2.28. The molecule has 0 spiro atoms. The average molecular weight is 338 g/mol. The monoisotopic (exact) mass is 338 g/mol. The largest absolute Gasteiger partial charge is 0.481 e. The molecule has 2 fully saturated rings. The van der Waals surface area contributed by atoms with E-state index in [4.69, 9.17) is 0 Å². The molecule has 0 amide bonds. The zero-order chi connectivity index (χ0) is 17.7. The Kier molecular flexibility index (Phi) is 7.12. The van der Waals surface area contributed by atoms with Crippen molar-refractivity contribution in [3.05, 3.63) is 0 Å². The van der Waals surface area contributed by atoms with Gasteiger partial charge in [-0.2, -0.15) is 0 Å². The third-order valence-corrected chi connectivity index (χ3v) is 6.60. The average Bonchev–Trinajstić information content (AvgIpc) is 2.56. The van der Waals surface area contributed by atoms with Crippen LogP contribution in [0, 0.1) is 35.5 Å². The summed E-state index contributed by atoms with van der Waals surface area (Å²) in [6.07, 6.45) is 9.80. The van der Waals surface area contributed by atoms with E-state index in [1.54, 1.807) is 0 Å². The third-order valence-electron chi connectivity index (χ3n) is 6.60. The summed E-state index contributed by atoms with van der Waals surface area (Å²) in [5, 5.41) is 19.7. The second kappa shape index (κ2) is 8.87. The standard InChI is InChI=1S/C20H34O4/c1-3-5-8-13-10-7-11-15-17(13)16(19(21)22)12-14(9-6-4-2)18(15)20(23)24/h13-18H,3-12H2,1-2H3,(H,21,22)(H,23,24). The van der Waals surface area contributed by atoms with Crippen LogP contribution in [0.5, 0.6) is 0 Å². The fourth-order valence-electron chi connectivity index (χ4n) is 5.59. The number of unbranched alkanes of at least 4 members (excludes halogenated alkanes) is 2.